The fourth-order valence-corrected chi connectivity index (χ4v) is 20.9. The highest BCUT2D eigenvalue weighted by Gasteiger charge is 2.69. The van der Waals surface area contributed by atoms with Crippen LogP contribution in [-0.2, 0) is 21.7 Å². The Hall–Kier alpha value is -9.76. The zero-order valence-corrected chi connectivity index (χ0v) is 52.8. The number of rotatable bonds is 7. The third-order valence-electron chi connectivity index (χ3n) is 24.2. The molecule has 0 radical (unpaired) electrons. The van der Waals surface area contributed by atoms with E-state index in [-0.39, 0.29) is 21.7 Å². The molecule has 13 aromatic rings. The maximum atomic E-state index is 2.68. The third-order valence-corrected chi connectivity index (χ3v) is 24.2. The van der Waals surface area contributed by atoms with E-state index in [2.05, 4.69) is 309 Å². The Bertz CT molecular complexity index is 5160. The van der Waals surface area contributed by atoms with E-state index in [1.807, 2.05) is 0 Å². The molecule has 0 amide bonds. The van der Waals surface area contributed by atoms with Crippen molar-refractivity contribution in [2.45, 2.75) is 106 Å². The fraction of sp³-hybridized carbons (Fsp3) is 0.200. The molecule has 6 aliphatic rings. The van der Waals surface area contributed by atoms with E-state index in [0.717, 1.165) is 37.8 Å². The number of aromatic nitrogens is 1. The fourth-order valence-electron chi connectivity index (χ4n) is 20.9. The molecular weight excluding hydrogens is 1110 g/mol. The first kappa shape index (κ1) is 54.0. The van der Waals surface area contributed by atoms with Gasteiger partial charge in [-0.2, -0.15) is 0 Å². The van der Waals surface area contributed by atoms with E-state index in [0.29, 0.717) is 17.8 Å². The van der Waals surface area contributed by atoms with Crippen molar-refractivity contribution in [2.24, 2.45) is 5.92 Å². The predicted octanol–water partition coefficient (Wildman–Crippen LogP) is 23.6. The quantitative estimate of drug-likeness (QED) is 0.154. The largest absolute Gasteiger partial charge is 0.310 e. The molecule has 6 aliphatic carbocycles. The number of fused-ring (bicyclic) bond motifs is 16. The first-order valence-electron chi connectivity index (χ1n) is 34.0. The second-order valence-corrected chi connectivity index (χ2v) is 28.8. The van der Waals surface area contributed by atoms with Gasteiger partial charge < -0.3 is 9.47 Å². The summed E-state index contributed by atoms with van der Waals surface area (Å²) in [4.78, 5) is 2.68. The molecular formula is C90H74N2. The zero-order valence-electron chi connectivity index (χ0n) is 52.8. The average Bonchev–Trinajstić information content (AvgIpc) is 1.54. The topological polar surface area (TPSA) is 8.17 Å². The molecule has 2 nitrogen and oxygen atoms in total. The lowest BCUT2D eigenvalue weighted by Gasteiger charge is -2.66. The SMILES string of the molecule is Cc1ccccc1-c1ccccc1C12CCCC34CC(CC5(CC(CC1)c1ccccc1-c1ccccc15)C23)c1ccccc1-c1c(N(c2ccc(-c3ccc5c(c3)c3ccccc3n5-c3ccccc3)cc2)c2ccc3c(c2)C(C)(C)c2ccccc2-3)cccc14. The van der Waals surface area contributed by atoms with Gasteiger partial charge in [0.1, 0.15) is 0 Å². The lowest BCUT2D eigenvalue weighted by Crippen LogP contribution is -2.63. The van der Waals surface area contributed by atoms with Gasteiger partial charge in [0.15, 0.2) is 0 Å². The van der Waals surface area contributed by atoms with Crippen LogP contribution in [-0.4, -0.2) is 4.57 Å². The van der Waals surface area contributed by atoms with Crippen LogP contribution in [0.1, 0.15) is 122 Å². The maximum absolute atomic E-state index is 2.68. The summed E-state index contributed by atoms with van der Waals surface area (Å²) in [5, 5.41) is 2.53. The predicted molar refractivity (Wildman–Crippen MR) is 383 cm³/mol. The summed E-state index contributed by atoms with van der Waals surface area (Å²) in [5.41, 5.74) is 32.2. The molecule has 92 heavy (non-hydrogen) atoms. The van der Waals surface area contributed by atoms with Gasteiger partial charge in [0, 0.05) is 55.1 Å². The standard InChI is InChI=1S/C90H74N2/c1-58-23-7-8-26-66(58)70-30-14-18-36-78(70)88-50-22-51-89-56-62(57-90(86(88)89)55-61(49-52-88)67-27-9-11-29-69(67)71-31-15-19-37-79(71)90)68-28-10-12-34-75(68)85-80(89)38-21-40-84(85)91(65-46-47-73-72-32-13-17-35-77(72)87(2,3)81(73)54-65)64-44-41-59(42-45-64)60-43-48-83-76(53-60)74-33-16-20-39-82(74)92(83)63-24-5-4-6-25-63/h4-21,23-48,53-54,61-62,86H,22,49-52,55-57H2,1-3H3. The molecule has 2 heteroatoms. The normalized spacial score (nSPS) is 22.5. The Labute approximate surface area is 541 Å². The smallest absolute Gasteiger partial charge is 0.0543 e. The number of nitrogens with zero attached hydrogens (tertiary/aromatic N) is 2. The number of hydrogen-bond donors (Lipinski definition) is 0. The van der Waals surface area contributed by atoms with Crippen LogP contribution in [0.4, 0.5) is 17.1 Å². The maximum Gasteiger partial charge on any atom is 0.0543 e. The molecule has 0 aliphatic heterocycles. The van der Waals surface area contributed by atoms with Gasteiger partial charge in [-0.05, 0) is 225 Å². The Morgan fingerprint density at radius 2 is 0.924 bits per heavy atom. The van der Waals surface area contributed by atoms with Crippen molar-refractivity contribution in [2.75, 3.05) is 4.90 Å². The lowest BCUT2D eigenvalue weighted by atomic mass is 9.37. The number of para-hydroxylation sites is 2. The molecule has 19 rings (SSSR count). The van der Waals surface area contributed by atoms with Crippen molar-refractivity contribution in [3.63, 3.8) is 0 Å². The summed E-state index contributed by atoms with van der Waals surface area (Å²) in [6.07, 6.45) is 9.25. The average molecular weight is 1180 g/mol. The summed E-state index contributed by atoms with van der Waals surface area (Å²) in [6, 6.07) is 109. The van der Waals surface area contributed by atoms with E-state index in [9.17, 15) is 0 Å². The molecule has 444 valence electrons. The van der Waals surface area contributed by atoms with Crippen molar-refractivity contribution >= 4 is 38.9 Å². The van der Waals surface area contributed by atoms with E-state index < -0.39 is 0 Å². The Morgan fingerprint density at radius 3 is 1.71 bits per heavy atom. The Balaban J connectivity index is 0.860. The molecule has 2 spiro atoms. The van der Waals surface area contributed by atoms with Crippen LogP contribution in [0.25, 0.3) is 83.1 Å². The molecule has 0 N–H and O–H groups in total. The van der Waals surface area contributed by atoms with Crippen LogP contribution in [0, 0.1) is 12.8 Å². The van der Waals surface area contributed by atoms with Crippen LogP contribution in [0.3, 0.4) is 0 Å². The molecule has 12 aromatic carbocycles. The molecule has 1 heterocycles. The number of aryl methyl sites for hydroxylation is 1. The van der Waals surface area contributed by atoms with Gasteiger partial charge in [-0.3, -0.25) is 0 Å². The van der Waals surface area contributed by atoms with Crippen molar-refractivity contribution < 1.29 is 0 Å². The second-order valence-electron chi connectivity index (χ2n) is 28.8. The molecule has 6 atom stereocenters. The number of hydrogen-bond acceptors (Lipinski definition) is 1. The first-order chi connectivity index (χ1) is 45.2. The van der Waals surface area contributed by atoms with Crippen LogP contribution in [0.15, 0.2) is 279 Å². The summed E-state index contributed by atoms with van der Waals surface area (Å²) >= 11 is 0. The van der Waals surface area contributed by atoms with E-state index in [1.54, 1.807) is 22.3 Å². The first-order valence-corrected chi connectivity index (χ1v) is 34.0. The van der Waals surface area contributed by atoms with Crippen molar-refractivity contribution in [3.8, 4) is 61.3 Å². The van der Waals surface area contributed by atoms with E-state index >= 15 is 0 Å². The third kappa shape index (κ3) is 7.55. The molecule has 0 saturated heterocycles. The molecule has 3 fully saturated rings. The van der Waals surface area contributed by atoms with Gasteiger partial charge in [-0.15, -0.1) is 0 Å². The van der Waals surface area contributed by atoms with E-state index in [4.69, 9.17) is 0 Å². The number of anilines is 3. The zero-order chi connectivity index (χ0) is 61.1. The minimum atomic E-state index is -0.192. The molecule has 1 aromatic heterocycles. The summed E-state index contributed by atoms with van der Waals surface area (Å²) in [6.45, 7) is 7.20. The number of benzene rings is 12. The van der Waals surface area contributed by atoms with Crippen LogP contribution >= 0.6 is 0 Å². The van der Waals surface area contributed by atoms with Crippen molar-refractivity contribution in [1.29, 1.82) is 0 Å². The summed E-state index contributed by atoms with van der Waals surface area (Å²) in [5.74, 6) is 1.06. The lowest BCUT2D eigenvalue weighted by molar-refractivity contribution is -0.0339. The summed E-state index contributed by atoms with van der Waals surface area (Å²) < 4.78 is 2.42. The van der Waals surface area contributed by atoms with Gasteiger partial charge in [0.2, 0.25) is 0 Å². The minimum Gasteiger partial charge on any atom is -0.310 e. The van der Waals surface area contributed by atoms with E-state index in [1.165, 1.54) is 136 Å². The molecule has 6 unspecified atom stereocenters. The van der Waals surface area contributed by atoms with Gasteiger partial charge in [0.05, 0.1) is 16.7 Å². The Morgan fingerprint density at radius 1 is 0.370 bits per heavy atom. The van der Waals surface area contributed by atoms with Crippen LogP contribution in [0.5, 0.6) is 0 Å². The van der Waals surface area contributed by atoms with Crippen molar-refractivity contribution in [1.82, 2.24) is 4.57 Å². The minimum absolute atomic E-state index is 0.129. The van der Waals surface area contributed by atoms with Crippen LogP contribution in [0.2, 0.25) is 0 Å². The van der Waals surface area contributed by atoms with Crippen LogP contribution < -0.4 is 4.90 Å². The van der Waals surface area contributed by atoms with Gasteiger partial charge in [-0.25, -0.2) is 0 Å². The van der Waals surface area contributed by atoms with Crippen molar-refractivity contribution in [3.05, 3.63) is 324 Å². The van der Waals surface area contributed by atoms with Gasteiger partial charge in [0.25, 0.3) is 0 Å². The molecule has 3 saturated carbocycles. The second kappa shape index (κ2) is 20.1. The Kier molecular flexibility index (Phi) is 11.8. The monoisotopic (exact) mass is 1180 g/mol. The molecule has 4 bridgehead atoms. The van der Waals surface area contributed by atoms with Gasteiger partial charge >= 0.3 is 0 Å². The highest BCUT2D eigenvalue weighted by Crippen LogP contribution is 2.76. The summed E-state index contributed by atoms with van der Waals surface area (Å²) in [7, 11) is 0. The van der Waals surface area contributed by atoms with Gasteiger partial charge in [-0.1, -0.05) is 239 Å². The highest BCUT2D eigenvalue weighted by molar-refractivity contribution is 6.10. The highest BCUT2D eigenvalue weighted by atomic mass is 15.1.